The van der Waals surface area contributed by atoms with Crippen molar-refractivity contribution < 1.29 is 4.79 Å². The molecule has 0 aliphatic rings. The predicted octanol–water partition coefficient (Wildman–Crippen LogP) is 3.55. The highest BCUT2D eigenvalue weighted by Crippen LogP contribution is 2.33. The van der Waals surface area contributed by atoms with Gasteiger partial charge in [-0.3, -0.25) is 0 Å². The van der Waals surface area contributed by atoms with Crippen molar-refractivity contribution in [1.82, 2.24) is 24.8 Å². The number of anilines is 1. The molecule has 0 atom stereocenters. The summed E-state index contributed by atoms with van der Waals surface area (Å²) in [5, 5.41) is 2.84. The Kier molecular flexibility index (Phi) is 4.27. The number of nitrogens with zero attached hydrogens (tertiary/aromatic N) is 4. The molecule has 0 saturated heterocycles. The Morgan fingerprint density at radius 1 is 1.19 bits per heavy atom. The lowest BCUT2D eigenvalue weighted by molar-refractivity contribution is 0.242. The fraction of sp³-hybridized carbons (Fsp3) is 0.0588. The molecule has 130 valence electrons. The van der Waals surface area contributed by atoms with Crippen LogP contribution in [-0.2, 0) is 6.54 Å². The smallest absolute Gasteiger partial charge is 0.328 e. The number of hydrogen-bond donors (Lipinski definition) is 2. The fourth-order valence-corrected chi connectivity index (χ4v) is 3.57. The summed E-state index contributed by atoms with van der Waals surface area (Å²) < 4.78 is 1.96. The maximum Gasteiger partial charge on any atom is 0.328 e. The minimum absolute atomic E-state index is 0.0645. The van der Waals surface area contributed by atoms with E-state index >= 15 is 0 Å². The Balaban J connectivity index is 1.68. The third-order valence-electron chi connectivity index (χ3n) is 3.73. The summed E-state index contributed by atoms with van der Waals surface area (Å²) in [5.41, 5.74) is 8.23. The van der Waals surface area contributed by atoms with Crippen molar-refractivity contribution in [2.45, 2.75) is 6.54 Å². The van der Waals surface area contributed by atoms with E-state index < -0.39 is 0 Å². The zero-order valence-corrected chi connectivity index (χ0v) is 15.0. The predicted molar refractivity (Wildman–Crippen MR) is 102 cm³/mol. The number of halogens is 1. The molecule has 9 heteroatoms. The Labute approximate surface area is 157 Å². The first kappa shape index (κ1) is 16.5. The third kappa shape index (κ3) is 3.12. The molecule has 26 heavy (non-hydrogen) atoms. The summed E-state index contributed by atoms with van der Waals surface area (Å²) in [6.07, 6.45) is 1.41. The second kappa shape index (κ2) is 6.74. The molecule has 0 spiro atoms. The van der Waals surface area contributed by atoms with E-state index in [-0.39, 0.29) is 12.0 Å². The molecule has 7 nitrogen and oxygen atoms in total. The number of hydrogen-bond acceptors (Lipinski definition) is 6. The molecule has 0 radical (unpaired) electrons. The highest BCUT2D eigenvalue weighted by Gasteiger charge is 2.18. The van der Waals surface area contributed by atoms with Crippen LogP contribution in [0.1, 0.15) is 5.56 Å². The van der Waals surface area contributed by atoms with Gasteiger partial charge in [0.2, 0.25) is 5.95 Å². The Morgan fingerprint density at radius 3 is 2.73 bits per heavy atom. The molecule has 1 amide bonds. The van der Waals surface area contributed by atoms with E-state index in [2.05, 4.69) is 20.3 Å². The molecule has 0 unspecified atom stereocenters. The van der Waals surface area contributed by atoms with Crippen molar-refractivity contribution in [3.63, 3.8) is 0 Å². The normalized spacial score (nSPS) is 11.0. The van der Waals surface area contributed by atoms with E-state index in [1.165, 1.54) is 22.2 Å². The van der Waals surface area contributed by atoms with Crippen LogP contribution in [0, 0.1) is 0 Å². The molecule has 4 rings (SSSR count). The van der Waals surface area contributed by atoms with Gasteiger partial charge in [0.1, 0.15) is 17.5 Å². The number of nitrogen functional groups attached to an aromatic ring is 1. The fourth-order valence-electron chi connectivity index (χ4n) is 2.54. The van der Waals surface area contributed by atoms with Crippen molar-refractivity contribution in [2.75, 3.05) is 5.73 Å². The summed E-state index contributed by atoms with van der Waals surface area (Å²) >= 11 is 7.37. The SMILES string of the molecule is Nc1nc(-c2ccc(Cl)s2)c2ncn(C(=O)NCc3ccccc3)c2n1. The van der Waals surface area contributed by atoms with Crippen LogP contribution in [0.5, 0.6) is 0 Å². The maximum atomic E-state index is 12.5. The van der Waals surface area contributed by atoms with Gasteiger partial charge >= 0.3 is 6.03 Å². The third-order valence-corrected chi connectivity index (χ3v) is 4.96. The number of nitrogens with one attached hydrogen (secondary N) is 1. The van der Waals surface area contributed by atoms with Crippen molar-refractivity contribution in [2.24, 2.45) is 0 Å². The number of fused-ring (bicyclic) bond motifs is 1. The minimum Gasteiger partial charge on any atom is -0.368 e. The van der Waals surface area contributed by atoms with E-state index in [4.69, 9.17) is 17.3 Å². The number of rotatable bonds is 3. The van der Waals surface area contributed by atoms with Crippen LogP contribution < -0.4 is 11.1 Å². The zero-order chi connectivity index (χ0) is 18.1. The molecule has 1 aromatic carbocycles. The number of aromatic nitrogens is 4. The van der Waals surface area contributed by atoms with Crippen LogP contribution in [0.15, 0.2) is 48.8 Å². The largest absolute Gasteiger partial charge is 0.368 e. The van der Waals surface area contributed by atoms with Crippen molar-refractivity contribution in [3.8, 4) is 10.6 Å². The van der Waals surface area contributed by atoms with Crippen LogP contribution in [-0.4, -0.2) is 25.6 Å². The molecule has 3 N–H and O–H groups in total. The molecule has 0 aliphatic carbocycles. The van der Waals surface area contributed by atoms with Gasteiger partial charge in [-0.05, 0) is 17.7 Å². The first-order chi connectivity index (χ1) is 12.6. The Morgan fingerprint density at radius 2 is 2.00 bits per heavy atom. The first-order valence-corrected chi connectivity index (χ1v) is 8.89. The van der Waals surface area contributed by atoms with Crippen molar-refractivity contribution in [3.05, 3.63) is 58.7 Å². The van der Waals surface area contributed by atoms with Crippen LogP contribution in [0.25, 0.3) is 21.7 Å². The standard InChI is InChI=1S/C17H13ClN6OS/c18-12-7-6-11(26-12)13-14-15(23-16(19)22-13)24(9-21-14)17(25)20-8-10-4-2-1-3-5-10/h1-7,9H,8H2,(H,20,25)(H2,19,22,23). The molecular formula is C17H13ClN6OS. The van der Waals surface area contributed by atoms with Gasteiger partial charge in [-0.2, -0.15) is 4.98 Å². The van der Waals surface area contributed by atoms with E-state index in [0.717, 1.165) is 10.4 Å². The van der Waals surface area contributed by atoms with Crippen LogP contribution in [0.3, 0.4) is 0 Å². The topological polar surface area (TPSA) is 98.7 Å². The number of benzene rings is 1. The van der Waals surface area contributed by atoms with Crippen LogP contribution >= 0.6 is 22.9 Å². The number of carbonyl (C=O) groups excluding carboxylic acids is 1. The van der Waals surface area contributed by atoms with E-state index in [9.17, 15) is 4.79 Å². The monoisotopic (exact) mass is 384 g/mol. The second-order valence-corrected chi connectivity index (χ2v) is 7.18. The highest BCUT2D eigenvalue weighted by atomic mass is 35.5. The van der Waals surface area contributed by atoms with Gasteiger partial charge in [0.05, 0.1) is 9.21 Å². The van der Waals surface area contributed by atoms with Gasteiger partial charge in [0.15, 0.2) is 5.65 Å². The lowest BCUT2D eigenvalue weighted by atomic mass is 10.2. The molecule has 3 heterocycles. The molecule has 0 aliphatic heterocycles. The molecule has 0 saturated carbocycles. The zero-order valence-electron chi connectivity index (χ0n) is 13.4. The lowest BCUT2D eigenvalue weighted by Gasteiger charge is -2.07. The summed E-state index contributed by atoms with van der Waals surface area (Å²) in [7, 11) is 0. The summed E-state index contributed by atoms with van der Waals surface area (Å²) in [6, 6.07) is 12.9. The summed E-state index contributed by atoms with van der Waals surface area (Å²) in [5.74, 6) is 0.0645. The van der Waals surface area contributed by atoms with Crippen LogP contribution in [0.2, 0.25) is 4.34 Å². The molecular weight excluding hydrogens is 372 g/mol. The Hall–Kier alpha value is -2.97. The number of imidazole rings is 1. The Bertz CT molecular complexity index is 1090. The molecule has 0 fully saturated rings. The van der Waals surface area contributed by atoms with Gasteiger partial charge < -0.3 is 11.1 Å². The molecule has 4 aromatic rings. The van der Waals surface area contributed by atoms with Gasteiger partial charge in [-0.15, -0.1) is 11.3 Å². The van der Waals surface area contributed by atoms with Crippen LogP contribution in [0.4, 0.5) is 10.7 Å². The van der Waals surface area contributed by atoms with Gasteiger partial charge in [0.25, 0.3) is 0 Å². The number of amides is 1. The van der Waals surface area contributed by atoms with E-state index in [1.54, 1.807) is 6.07 Å². The lowest BCUT2D eigenvalue weighted by Crippen LogP contribution is -2.27. The van der Waals surface area contributed by atoms with Gasteiger partial charge in [-0.1, -0.05) is 41.9 Å². The van der Waals surface area contributed by atoms with Crippen molar-refractivity contribution in [1.29, 1.82) is 0 Å². The van der Waals surface area contributed by atoms with Gasteiger partial charge in [-0.25, -0.2) is 19.3 Å². The second-order valence-electron chi connectivity index (χ2n) is 5.47. The summed E-state index contributed by atoms with van der Waals surface area (Å²) in [4.78, 5) is 26.1. The number of thiophene rings is 1. The van der Waals surface area contributed by atoms with Gasteiger partial charge in [0, 0.05) is 6.54 Å². The summed E-state index contributed by atoms with van der Waals surface area (Å²) in [6.45, 7) is 0.396. The minimum atomic E-state index is -0.343. The first-order valence-electron chi connectivity index (χ1n) is 7.70. The molecule has 0 bridgehead atoms. The molecule has 3 aromatic heterocycles. The highest BCUT2D eigenvalue weighted by molar-refractivity contribution is 7.19. The quantitative estimate of drug-likeness (QED) is 0.562. The average Bonchev–Trinajstić information content (AvgIpc) is 3.26. The average molecular weight is 385 g/mol. The maximum absolute atomic E-state index is 12.5. The van der Waals surface area contributed by atoms with E-state index in [0.29, 0.717) is 27.7 Å². The van der Waals surface area contributed by atoms with E-state index in [1.807, 2.05) is 36.4 Å². The number of nitrogens with two attached hydrogens (primary N) is 1. The number of carbonyl (C=O) groups is 1. The van der Waals surface area contributed by atoms with Crippen molar-refractivity contribution >= 4 is 46.1 Å².